The van der Waals surface area contributed by atoms with E-state index in [9.17, 15) is 17.9 Å². The van der Waals surface area contributed by atoms with Crippen LogP contribution in [0.5, 0.6) is 5.75 Å². The van der Waals surface area contributed by atoms with E-state index in [0.717, 1.165) is 12.1 Å². The fraction of sp³-hybridized carbons (Fsp3) is 0.381. The minimum absolute atomic E-state index is 0.00787. The van der Waals surface area contributed by atoms with E-state index in [-0.39, 0.29) is 48.7 Å². The molecule has 2 aliphatic rings. The van der Waals surface area contributed by atoms with E-state index in [0.29, 0.717) is 0 Å². The van der Waals surface area contributed by atoms with Crippen LogP contribution >= 0.6 is 0 Å². The number of hydrogen-bond acceptors (Lipinski definition) is 6. The highest BCUT2D eigenvalue weighted by molar-refractivity contribution is 7.92. The molecule has 0 bridgehead atoms. The zero-order valence-electron chi connectivity index (χ0n) is 15.8. The molecule has 2 heterocycles. The fourth-order valence-corrected chi connectivity index (χ4v) is 6.90. The molecule has 0 unspecified atom stereocenters. The summed E-state index contributed by atoms with van der Waals surface area (Å²) in [5.41, 5.74) is -0.0629. The zero-order valence-corrected chi connectivity index (χ0v) is 16.7. The van der Waals surface area contributed by atoms with Gasteiger partial charge in [0.05, 0.1) is 34.8 Å². The van der Waals surface area contributed by atoms with E-state index in [1.54, 1.807) is 0 Å². The van der Waals surface area contributed by atoms with Crippen LogP contribution in [0.25, 0.3) is 0 Å². The first-order chi connectivity index (χ1) is 14.4. The van der Waals surface area contributed by atoms with Gasteiger partial charge < -0.3 is 14.6 Å². The predicted molar refractivity (Wildman–Crippen MR) is 101 cm³/mol. The van der Waals surface area contributed by atoms with Gasteiger partial charge in [0.25, 0.3) is 0 Å². The number of aliphatic hydroxyl groups excluding tert-OH is 1. The molecule has 0 aromatic heterocycles. The molecule has 9 heteroatoms. The minimum atomic E-state index is -4.27. The largest absolute Gasteiger partial charge is 0.490 e. The summed E-state index contributed by atoms with van der Waals surface area (Å²) in [5, 5.41) is 18.4. The number of rotatable bonds is 4. The van der Waals surface area contributed by atoms with Crippen molar-refractivity contribution in [3.63, 3.8) is 0 Å². The average Bonchev–Trinajstić information content (AvgIpc) is 2.76. The zero-order chi connectivity index (χ0) is 21.5. The van der Waals surface area contributed by atoms with Crippen molar-refractivity contribution in [1.82, 2.24) is 0 Å². The van der Waals surface area contributed by atoms with Crippen molar-refractivity contribution in [2.75, 3.05) is 19.8 Å². The molecular weight excluding hydrogens is 416 g/mol. The Bertz CT molecular complexity index is 1110. The normalized spacial score (nSPS) is 25.5. The highest BCUT2D eigenvalue weighted by atomic mass is 32.2. The van der Waals surface area contributed by atoms with E-state index < -0.39 is 44.0 Å². The van der Waals surface area contributed by atoms with E-state index in [1.165, 1.54) is 24.3 Å². The molecule has 4 rings (SSSR count). The summed E-state index contributed by atoms with van der Waals surface area (Å²) in [6, 6.07) is 9.04. The summed E-state index contributed by atoms with van der Waals surface area (Å²) < 4.78 is 66.9. The van der Waals surface area contributed by atoms with Crippen LogP contribution in [0.2, 0.25) is 0 Å². The highest BCUT2D eigenvalue weighted by Crippen LogP contribution is 2.55. The van der Waals surface area contributed by atoms with Gasteiger partial charge in [0, 0.05) is 19.1 Å². The van der Waals surface area contributed by atoms with Crippen LogP contribution in [-0.4, -0.2) is 39.4 Å². The second-order valence-electron chi connectivity index (χ2n) is 7.35. The van der Waals surface area contributed by atoms with Gasteiger partial charge in [0.1, 0.15) is 10.6 Å². The van der Waals surface area contributed by atoms with E-state index >= 15 is 4.39 Å². The summed E-state index contributed by atoms with van der Waals surface area (Å²) in [7, 11) is -4.27. The Kier molecular flexibility index (Phi) is 5.26. The van der Waals surface area contributed by atoms with Gasteiger partial charge in [-0.05, 0) is 49.2 Å². The smallest absolute Gasteiger partial charge is 0.189 e. The third kappa shape index (κ3) is 2.90. The summed E-state index contributed by atoms with van der Waals surface area (Å²) in [6.07, 6.45) is -0.684. The summed E-state index contributed by atoms with van der Waals surface area (Å²) in [4.78, 5) is -0.104. The van der Waals surface area contributed by atoms with Crippen LogP contribution in [0.4, 0.5) is 8.78 Å². The van der Waals surface area contributed by atoms with E-state index in [4.69, 9.17) is 14.7 Å². The van der Waals surface area contributed by atoms with Gasteiger partial charge in [-0.1, -0.05) is 0 Å². The van der Waals surface area contributed by atoms with Crippen LogP contribution in [0.1, 0.15) is 24.0 Å². The lowest BCUT2D eigenvalue weighted by molar-refractivity contribution is -0.0806. The van der Waals surface area contributed by atoms with Crippen LogP contribution in [0.3, 0.4) is 0 Å². The van der Waals surface area contributed by atoms with Crippen LogP contribution < -0.4 is 4.74 Å². The van der Waals surface area contributed by atoms with Crippen molar-refractivity contribution < 1.29 is 31.8 Å². The molecule has 2 aliphatic heterocycles. The Morgan fingerprint density at radius 2 is 1.87 bits per heavy atom. The molecule has 1 N–H and O–H groups in total. The second-order valence-corrected chi connectivity index (χ2v) is 9.56. The maximum atomic E-state index is 15.1. The summed E-state index contributed by atoms with van der Waals surface area (Å²) in [6.45, 7) is -0.466. The molecule has 0 amide bonds. The maximum Gasteiger partial charge on any atom is 0.189 e. The molecule has 1 saturated heterocycles. The van der Waals surface area contributed by atoms with Crippen molar-refractivity contribution >= 4 is 9.84 Å². The standard InChI is InChI=1S/C21H19F2NO5S/c22-16-5-6-17(23)20-19(16)21(8-10-28-18(7-9-25)15(21)12-29-20)30(26,27)14-3-1-13(11-24)2-4-14/h1-6,15,18,25H,7-10,12H2/t15-,18-,21-/m0/s1. The molecule has 3 atom stereocenters. The molecule has 0 radical (unpaired) electrons. The molecule has 0 aliphatic carbocycles. The Morgan fingerprint density at radius 3 is 2.53 bits per heavy atom. The van der Waals surface area contributed by atoms with Gasteiger partial charge >= 0.3 is 0 Å². The Labute approximate surface area is 172 Å². The van der Waals surface area contributed by atoms with Crippen molar-refractivity contribution in [2.24, 2.45) is 5.92 Å². The van der Waals surface area contributed by atoms with Crippen molar-refractivity contribution in [3.05, 3.63) is 59.2 Å². The lowest BCUT2D eigenvalue weighted by Crippen LogP contribution is -2.57. The average molecular weight is 435 g/mol. The summed E-state index contributed by atoms with van der Waals surface area (Å²) in [5.74, 6) is -2.99. The third-order valence-corrected chi connectivity index (χ3v) is 8.49. The van der Waals surface area contributed by atoms with Crippen LogP contribution in [0.15, 0.2) is 41.3 Å². The monoisotopic (exact) mass is 435 g/mol. The molecule has 30 heavy (non-hydrogen) atoms. The lowest BCUT2D eigenvalue weighted by Gasteiger charge is -2.50. The Hall–Kier alpha value is -2.54. The van der Waals surface area contributed by atoms with Crippen LogP contribution in [-0.2, 0) is 19.3 Å². The topological polar surface area (TPSA) is 96.6 Å². The van der Waals surface area contributed by atoms with Crippen molar-refractivity contribution in [2.45, 2.75) is 28.6 Å². The highest BCUT2D eigenvalue weighted by Gasteiger charge is 2.61. The minimum Gasteiger partial charge on any atom is -0.490 e. The molecule has 0 saturated carbocycles. The van der Waals surface area contributed by atoms with Gasteiger partial charge in [0.15, 0.2) is 21.4 Å². The number of ether oxygens (including phenoxy) is 2. The Balaban J connectivity index is 2.00. The van der Waals surface area contributed by atoms with Gasteiger partial charge in [0.2, 0.25) is 0 Å². The molecule has 2 aromatic carbocycles. The number of nitrogens with zero attached hydrogens (tertiary/aromatic N) is 1. The van der Waals surface area contributed by atoms with Crippen molar-refractivity contribution in [3.8, 4) is 11.8 Å². The van der Waals surface area contributed by atoms with Gasteiger partial charge in [-0.3, -0.25) is 0 Å². The van der Waals surface area contributed by atoms with Gasteiger partial charge in [-0.25, -0.2) is 17.2 Å². The number of fused-ring (bicyclic) bond motifs is 3. The molecule has 0 spiro atoms. The van der Waals surface area contributed by atoms with E-state index in [2.05, 4.69) is 0 Å². The molecule has 158 valence electrons. The first-order valence-corrected chi connectivity index (χ1v) is 10.9. The predicted octanol–water partition coefficient (Wildman–Crippen LogP) is 2.69. The lowest BCUT2D eigenvalue weighted by atomic mass is 9.75. The van der Waals surface area contributed by atoms with E-state index in [1.807, 2.05) is 6.07 Å². The molecule has 6 nitrogen and oxygen atoms in total. The molecule has 1 fully saturated rings. The second kappa shape index (κ2) is 7.61. The number of aliphatic hydroxyl groups is 1. The quantitative estimate of drug-likeness (QED) is 0.793. The SMILES string of the molecule is N#Cc1ccc(S(=O)(=O)[C@@]23CCO[C@@H](CCO)[C@@H]2COc2c(F)ccc(F)c23)cc1. The number of benzene rings is 2. The van der Waals surface area contributed by atoms with Gasteiger partial charge in [-0.2, -0.15) is 5.26 Å². The summed E-state index contributed by atoms with van der Waals surface area (Å²) >= 11 is 0. The number of halogens is 2. The number of nitriles is 1. The first-order valence-electron chi connectivity index (χ1n) is 9.45. The Morgan fingerprint density at radius 1 is 1.17 bits per heavy atom. The maximum absolute atomic E-state index is 15.1. The molecular formula is C21H19F2NO5S. The number of sulfone groups is 1. The number of hydrogen-bond donors (Lipinski definition) is 1. The third-order valence-electron chi connectivity index (χ3n) is 5.93. The fourth-order valence-electron chi connectivity index (χ4n) is 4.56. The molecule has 2 aromatic rings. The first kappa shape index (κ1) is 20.7. The van der Waals surface area contributed by atoms with Gasteiger partial charge in [-0.15, -0.1) is 0 Å². The van der Waals surface area contributed by atoms with Crippen LogP contribution in [0, 0.1) is 28.9 Å². The van der Waals surface area contributed by atoms with Crippen molar-refractivity contribution in [1.29, 1.82) is 5.26 Å².